The summed E-state index contributed by atoms with van der Waals surface area (Å²) in [5.74, 6) is -0.239. The fourth-order valence-corrected chi connectivity index (χ4v) is 1.99. The second kappa shape index (κ2) is 9.82. The Morgan fingerprint density at radius 3 is 2.37 bits per heavy atom. The number of ether oxygens (including phenoxy) is 1. The molecule has 0 aromatic rings. The lowest BCUT2D eigenvalue weighted by molar-refractivity contribution is -0.140. The van der Waals surface area contributed by atoms with Crippen LogP contribution in [0.3, 0.4) is 0 Å². The Hall–Kier alpha value is -1.06. The Labute approximate surface area is 117 Å². The number of hydrogen-bond donors (Lipinski definition) is 1. The van der Waals surface area contributed by atoms with Crippen LogP contribution in [-0.4, -0.2) is 25.5 Å². The van der Waals surface area contributed by atoms with Crippen molar-refractivity contribution in [2.45, 2.75) is 65.7 Å². The third-order valence-electron chi connectivity index (χ3n) is 3.75. The van der Waals surface area contributed by atoms with Crippen LogP contribution in [0.15, 0.2) is 0 Å². The highest BCUT2D eigenvalue weighted by Crippen LogP contribution is 2.28. The molecule has 0 spiro atoms. The molecular formula is C15H29NO3. The number of rotatable bonds is 10. The summed E-state index contributed by atoms with van der Waals surface area (Å²) in [6, 6.07) is 0. The number of carbonyl (C=O) groups excluding carboxylic acids is 2. The van der Waals surface area contributed by atoms with E-state index in [4.69, 9.17) is 0 Å². The quantitative estimate of drug-likeness (QED) is 0.491. The molecule has 1 unspecified atom stereocenters. The van der Waals surface area contributed by atoms with Crippen molar-refractivity contribution in [3.63, 3.8) is 0 Å². The van der Waals surface area contributed by atoms with Gasteiger partial charge in [-0.15, -0.1) is 0 Å². The molecule has 1 atom stereocenters. The highest BCUT2D eigenvalue weighted by molar-refractivity contribution is 5.82. The minimum Gasteiger partial charge on any atom is -0.469 e. The van der Waals surface area contributed by atoms with E-state index in [1.165, 1.54) is 26.4 Å². The van der Waals surface area contributed by atoms with Crippen molar-refractivity contribution in [3.05, 3.63) is 0 Å². The first-order chi connectivity index (χ1) is 9.00. The minimum atomic E-state index is -0.316. The molecule has 0 aliphatic carbocycles. The molecule has 0 aromatic carbocycles. The van der Waals surface area contributed by atoms with Crippen molar-refractivity contribution in [3.8, 4) is 0 Å². The zero-order chi connectivity index (χ0) is 14.7. The zero-order valence-electron chi connectivity index (χ0n) is 12.9. The summed E-state index contributed by atoms with van der Waals surface area (Å²) in [7, 11) is 1.36. The fourth-order valence-electron chi connectivity index (χ4n) is 1.99. The molecule has 4 heteroatoms. The number of unbranched alkanes of at least 4 members (excludes halogenated alkanes) is 3. The van der Waals surface area contributed by atoms with Gasteiger partial charge in [0.15, 0.2) is 0 Å². The molecule has 0 saturated heterocycles. The summed E-state index contributed by atoms with van der Waals surface area (Å²) in [6.45, 7) is 6.58. The summed E-state index contributed by atoms with van der Waals surface area (Å²) < 4.78 is 4.55. The topological polar surface area (TPSA) is 55.4 Å². The van der Waals surface area contributed by atoms with Gasteiger partial charge in [-0.05, 0) is 12.8 Å². The minimum absolute atomic E-state index is 0.0513. The van der Waals surface area contributed by atoms with E-state index in [0.717, 1.165) is 19.3 Å². The van der Waals surface area contributed by atoms with Gasteiger partial charge >= 0.3 is 5.97 Å². The first-order valence-corrected chi connectivity index (χ1v) is 7.35. The maximum atomic E-state index is 12.2. The van der Waals surface area contributed by atoms with Crippen LogP contribution in [0.5, 0.6) is 0 Å². The number of esters is 1. The van der Waals surface area contributed by atoms with Gasteiger partial charge in [0.05, 0.1) is 13.5 Å². The summed E-state index contributed by atoms with van der Waals surface area (Å²) in [6.07, 6.45) is 6.66. The molecule has 112 valence electrons. The molecule has 0 aliphatic heterocycles. The SMILES string of the molecule is CCCCCCC(C)(CC)C(=O)NCCC(=O)OC. The lowest BCUT2D eigenvalue weighted by Crippen LogP contribution is -2.39. The molecule has 0 aliphatic rings. The lowest BCUT2D eigenvalue weighted by atomic mass is 9.81. The van der Waals surface area contributed by atoms with E-state index in [2.05, 4.69) is 17.0 Å². The molecule has 0 rings (SSSR count). The van der Waals surface area contributed by atoms with Gasteiger partial charge in [-0.1, -0.05) is 46.5 Å². The maximum absolute atomic E-state index is 12.2. The van der Waals surface area contributed by atoms with Crippen LogP contribution < -0.4 is 5.32 Å². The van der Waals surface area contributed by atoms with E-state index in [1.54, 1.807) is 0 Å². The second-order valence-corrected chi connectivity index (χ2v) is 5.31. The van der Waals surface area contributed by atoms with Crippen molar-refractivity contribution in [1.82, 2.24) is 5.32 Å². The Morgan fingerprint density at radius 2 is 1.84 bits per heavy atom. The Kier molecular flexibility index (Phi) is 9.27. The maximum Gasteiger partial charge on any atom is 0.307 e. The van der Waals surface area contributed by atoms with Gasteiger partial charge in [0.25, 0.3) is 0 Å². The summed E-state index contributed by atoms with van der Waals surface area (Å²) in [5.41, 5.74) is -0.316. The predicted octanol–water partition coefficient (Wildman–Crippen LogP) is 3.05. The van der Waals surface area contributed by atoms with Gasteiger partial charge in [0.1, 0.15) is 0 Å². The van der Waals surface area contributed by atoms with E-state index < -0.39 is 0 Å². The fraction of sp³-hybridized carbons (Fsp3) is 0.867. The lowest BCUT2D eigenvalue weighted by Gasteiger charge is -2.27. The van der Waals surface area contributed by atoms with Crippen LogP contribution in [-0.2, 0) is 14.3 Å². The van der Waals surface area contributed by atoms with Gasteiger partial charge < -0.3 is 10.1 Å². The number of hydrogen-bond acceptors (Lipinski definition) is 3. The van der Waals surface area contributed by atoms with Crippen molar-refractivity contribution >= 4 is 11.9 Å². The first-order valence-electron chi connectivity index (χ1n) is 7.35. The largest absolute Gasteiger partial charge is 0.469 e. The van der Waals surface area contributed by atoms with Gasteiger partial charge in [0, 0.05) is 12.0 Å². The van der Waals surface area contributed by atoms with Gasteiger partial charge in [-0.2, -0.15) is 0 Å². The molecule has 1 amide bonds. The monoisotopic (exact) mass is 271 g/mol. The van der Waals surface area contributed by atoms with Crippen LogP contribution in [0.4, 0.5) is 0 Å². The standard InChI is InChI=1S/C15H29NO3/c1-5-7-8-9-11-15(3,6-2)14(18)16-12-10-13(17)19-4/h5-12H2,1-4H3,(H,16,18). The van der Waals surface area contributed by atoms with Crippen LogP contribution in [0.25, 0.3) is 0 Å². The normalized spacial score (nSPS) is 13.7. The summed E-state index contributed by atoms with van der Waals surface area (Å²) in [4.78, 5) is 23.1. The third-order valence-corrected chi connectivity index (χ3v) is 3.75. The molecular weight excluding hydrogens is 242 g/mol. The van der Waals surface area contributed by atoms with E-state index >= 15 is 0 Å². The molecule has 1 N–H and O–H groups in total. The average molecular weight is 271 g/mol. The van der Waals surface area contributed by atoms with Gasteiger partial charge in [-0.25, -0.2) is 0 Å². The van der Waals surface area contributed by atoms with Crippen LogP contribution in [0.2, 0.25) is 0 Å². The van der Waals surface area contributed by atoms with Gasteiger partial charge in [-0.3, -0.25) is 9.59 Å². The Morgan fingerprint density at radius 1 is 1.16 bits per heavy atom. The van der Waals surface area contributed by atoms with Crippen LogP contribution >= 0.6 is 0 Å². The molecule has 0 saturated carbocycles. The number of nitrogens with one attached hydrogen (secondary N) is 1. The van der Waals surface area contributed by atoms with Gasteiger partial charge in [0.2, 0.25) is 5.91 Å². The van der Waals surface area contributed by atoms with Crippen LogP contribution in [0.1, 0.15) is 65.7 Å². The average Bonchev–Trinajstić information content (AvgIpc) is 2.42. The number of carbonyl (C=O) groups is 2. The summed E-state index contributed by atoms with van der Waals surface area (Å²) in [5, 5.41) is 2.84. The highest BCUT2D eigenvalue weighted by Gasteiger charge is 2.30. The van der Waals surface area contributed by atoms with Crippen molar-refractivity contribution in [2.75, 3.05) is 13.7 Å². The molecule has 0 bridgehead atoms. The first kappa shape index (κ1) is 17.9. The molecule has 0 aromatic heterocycles. The molecule has 19 heavy (non-hydrogen) atoms. The van der Waals surface area contributed by atoms with Crippen molar-refractivity contribution in [1.29, 1.82) is 0 Å². The summed E-state index contributed by atoms with van der Waals surface area (Å²) >= 11 is 0. The molecule has 4 nitrogen and oxygen atoms in total. The third kappa shape index (κ3) is 7.19. The van der Waals surface area contributed by atoms with Crippen molar-refractivity contribution < 1.29 is 14.3 Å². The smallest absolute Gasteiger partial charge is 0.307 e. The predicted molar refractivity (Wildman–Crippen MR) is 76.8 cm³/mol. The van der Waals surface area contributed by atoms with Crippen LogP contribution in [0, 0.1) is 5.41 Å². The van der Waals surface area contributed by atoms with Crippen molar-refractivity contribution in [2.24, 2.45) is 5.41 Å². The van der Waals surface area contributed by atoms with E-state index in [0.29, 0.717) is 6.54 Å². The number of methoxy groups -OCH3 is 1. The molecule has 0 radical (unpaired) electrons. The Bertz CT molecular complexity index is 279. The van der Waals surface area contributed by atoms with E-state index in [-0.39, 0.29) is 23.7 Å². The number of amides is 1. The highest BCUT2D eigenvalue weighted by atomic mass is 16.5. The molecule has 0 fully saturated rings. The van der Waals surface area contributed by atoms with E-state index in [9.17, 15) is 9.59 Å². The molecule has 0 heterocycles. The zero-order valence-corrected chi connectivity index (χ0v) is 12.9. The van der Waals surface area contributed by atoms with E-state index in [1.807, 2.05) is 13.8 Å². The second-order valence-electron chi connectivity index (χ2n) is 5.31. The Balaban J connectivity index is 4.09.